The third kappa shape index (κ3) is 5.53. The fourth-order valence-corrected chi connectivity index (χ4v) is 3.51. The quantitative estimate of drug-likeness (QED) is 0.419. The molecule has 1 atom stereocenters. The van der Waals surface area contributed by atoms with E-state index in [1.807, 2.05) is 30.3 Å². The van der Waals surface area contributed by atoms with Crippen LogP contribution in [0.15, 0.2) is 83.9 Å². The van der Waals surface area contributed by atoms with Gasteiger partial charge in [0.1, 0.15) is 12.4 Å². The standard InChI is InChI=1S/C26H23FN4O3/c1-17-20(26(33)31-25(29-17)19-10-7-13-28-15-19)14-24(32)30-22(18-8-3-2-4-9-18)16-34-23-12-6-5-11-21(23)27/h2-13,15,22H,14,16H2,1H3,(H,30,32)(H,29,31,33). The average Bonchev–Trinajstić information content (AvgIpc) is 2.86. The van der Waals surface area contributed by atoms with Crippen molar-refractivity contribution in [3.8, 4) is 17.1 Å². The zero-order valence-electron chi connectivity index (χ0n) is 18.5. The van der Waals surface area contributed by atoms with Crippen molar-refractivity contribution in [3.05, 3.63) is 112 Å². The zero-order valence-corrected chi connectivity index (χ0v) is 18.5. The van der Waals surface area contributed by atoms with Crippen LogP contribution in [-0.2, 0) is 11.2 Å². The largest absolute Gasteiger partial charge is 0.488 e. The van der Waals surface area contributed by atoms with Crippen LogP contribution < -0.4 is 15.6 Å². The topological polar surface area (TPSA) is 97.0 Å². The summed E-state index contributed by atoms with van der Waals surface area (Å²) in [5.74, 6) is -0.376. The first-order valence-electron chi connectivity index (χ1n) is 10.7. The second-order valence-electron chi connectivity index (χ2n) is 7.67. The summed E-state index contributed by atoms with van der Waals surface area (Å²) < 4.78 is 19.6. The summed E-state index contributed by atoms with van der Waals surface area (Å²) in [6, 6.07) is 18.3. The SMILES string of the molecule is Cc1nc(-c2cccnc2)[nH]c(=O)c1CC(=O)NC(COc1ccccc1F)c1ccccc1. The summed E-state index contributed by atoms with van der Waals surface area (Å²) in [7, 11) is 0. The van der Waals surface area contributed by atoms with E-state index in [0.717, 1.165) is 5.56 Å². The lowest BCUT2D eigenvalue weighted by Crippen LogP contribution is -2.35. The summed E-state index contributed by atoms with van der Waals surface area (Å²) in [6.07, 6.45) is 3.07. The number of hydrogen-bond donors (Lipinski definition) is 2. The Bertz CT molecular complexity index is 1330. The molecular formula is C26H23FN4O3. The number of ether oxygens (including phenoxy) is 1. The Morgan fingerprint density at radius 2 is 1.85 bits per heavy atom. The van der Waals surface area contributed by atoms with Crippen molar-refractivity contribution in [1.29, 1.82) is 0 Å². The van der Waals surface area contributed by atoms with Crippen molar-refractivity contribution in [2.24, 2.45) is 0 Å². The molecule has 0 bridgehead atoms. The second kappa shape index (κ2) is 10.5. The molecule has 4 aromatic rings. The Morgan fingerprint density at radius 1 is 1.09 bits per heavy atom. The van der Waals surface area contributed by atoms with Gasteiger partial charge in [-0.3, -0.25) is 14.6 Å². The highest BCUT2D eigenvalue weighted by molar-refractivity contribution is 5.79. The number of H-pyrrole nitrogens is 1. The monoisotopic (exact) mass is 458 g/mol. The van der Waals surface area contributed by atoms with Gasteiger partial charge in [-0.15, -0.1) is 0 Å². The van der Waals surface area contributed by atoms with Crippen molar-refractivity contribution >= 4 is 5.91 Å². The van der Waals surface area contributed by atoms with Crippen LogP contribution in [0.2, 0.25) is 0 Å². The molecule has 1 unspecified atom stereocenters. The molecule has 172 valence electrons. The number of benzene rings is 2. The molecule has 1 amide bonds. The molecule has 2 N–H and O–H groups in total. The maximum atomic E-state index is 14.0. The Balaban J connectivity index is 1.50. The van der Waals surface area contributed by atoms with E-state index in [0.29, 0.717) is 17.1 Å². The number of rotatable bonds is 8. The molecule has 2 aromatic heterocycles. The van der Waals surface area contributed by atoms with Crippen LogP contribution in [0.25, 0.3) is 11.4 Å². The molecule has 0 aliphatic heterocycles. The van der Waals surface area contributed by atoms with Crippen LogP contribution >= 0.6 is 0 Å². The molecule has 4 rings (SSSR count). The second-order valence-corrected chi connectivity index (χ2v) is 7.67. The van der Waals surface area contributed by atoms with Crippen molar-refractivity contribution in [2.75, 3.05) is 6.61 Å². The van der Waals surface area contributed by atoms with Crippen molar-refractivity contribution in [3.63, 3.8) is 0 Å². The van der Waals surface area contributed by atoms with E-state index in [4.69, 9.17) is 4.74 Å². The van der Waals surface area contributed by atoms with E-state index in [-0.39, 0.29) is 35.8 Å². The number of pyridine rings is 1. The highest BCUT2D eigenvalue weighted by Gasteiger charge is 2.19. The lowest BCUT2D eigenvalue weighted by atomic mass is 10.1. The predicted molar refractivity (Wildman–Crippen MR) is 126 cm³/mol. The maximum Gasteiger partial charge on any atom is 0.255 e. The van der Waals surface area contributed by atoms with Crippen molar-refractivity contribution in [2.45, 2.75) is 19.4 Å². The van der Waals surface area contributed by atoms with Crippen LogP contribution in [0.3, 0.4) is 0 Å². The zero-order chi connectivity index (χ0) is 23.9. The highest BCUT2D eigenvalue weighted by atomic mass is 19.1. The molecule has 8 heteroatoms. The third-order valence-corrected chi connectivity index (χ3v) is 5.27. The van der Waals surface area contributed by atoms with Gasteiger partial charge in [0.25, 0.3) is 5.56 Å². The molecular weight excluding hydrogens is 435 g/mol. The Labute approximate surface area is 195 Å². The van der Waals surface area contributed by atoms with Crippen LogP contribution in [0.1, 0.15) is 22.9 Å². The number of aromatic nitrogens is 3. The lowest BCUT2D eigenvalue weighted by Gasteiger charge is -2.20. The molecule has 0 aliphatic carbocycles. The highest BCUT2D eigenvalue weighted by Crippen LogP contribution is 2.20. The van der Waals surface area contributed by atoms with Gasteiger partial charge in [-0.25, -0.2) is 9.37 Å². The molecule has 2 aromatic carbocycles. The summed E-state index contributed by atoms with van der Waals surface area (Å²) in [5.41, 5.74) is 1.81. The number of carbonyl (C=O) groups excluding carboxylic acids is 1. The van der Waals surface area contributed by atoms with E-state index in [2.05, 4.69) is 20.3 Å². The number of aryl methyl sites for hydroxylation is 1. The summed E-state index contributed by atoms with van der Waals surface area (Å²) in [6.45, 7) is 1.71. The van der Waals surface area contributed by atoms with Gasteiger partial charge in [0, 0.05) is 29.2 Å². The molecule has 0 aliphatic rings. The molecule has 7 nitrogen and oxygen atoms in total. The lowest BCUT2D eigenvalue weighted by molar-refractivity contribution is -0.121. The molecule has 0 saturated carbocycles. The van der Waals surface area contributed by atoms with Gasteiger partial charge in [0.2, 0.25) is 5.91 Å². The number of amides is 1. The number of halogens is 1. The Hall–Kier alpha value is -4.33. The summed E-state index contributed by atoms with van der Waals surface area (Å²) in [4.78, 5) is 36.8. The molecule has 34 heavy (non-hydrogen) atoms. The fourth-order valence-electron chi connectivity index (χ4n) is 3.51. The number of carbonyl (C=O) groups is 1. The van der Waals surface area contributed by atoms with E-state index in [1.165, 1.54) is 12.1 Å². The smallest absolute Gasteiger partial charge is 0.255 e. The molecule has 0 fully saturated rings. The third-order valence-electron chi connectivity index (χ3n) is 5.27. The van der Waals surface area contributed by atoms with Gasteiger partial charge in [0.15, 0.2) is 11.6 Å². The molecule has 0 radical (unpaired) electrons. The van der Waals surface area contributed by atoms with Crippen molar-refractivity contribution in [1.82, 2.24) is 20.3 Å². The number of nitrogens with zero attached hydrogens (tertiary/aromatic N) is 2. The van der Waals surface area contributed by atoms with Gasteiger partial charge in [-0.05, 0) is 36.8 Å². The number of nitrogens with one attached hydrogen (secondary N) is 2. The number of aromatic amines is 1. The van der Waals surface area contributed by atoms with E-state index in [9.17, 15) is 14.0 Å². The number of hydrogen-bond acceptors (Lipinski definition) is 5. The first-order valence-corrected chi connectivity index (χ1v) is 10.7. The van der Waals surface area contributed by atoms with Crippen LogP contribution in [0.5, 0.6) is 5.75 Å². The number of para-hydroxylation sites is 1. The minimum absolute atomic E-state index is 0.0181. The van der Waals surface area contributed by atoms with E-state index < -0.39 is 11.9 Å². The first kappa shape index (κ1) is 22.8. The Morgan fingerprint density at radius 3 is 2.56 bits per heavy atom. The fraction of sp³-hybridized carbons (Fsp3) is 0.154. The van der Waals surface area contributed by atoms with Crippen LogP contribution in [0, 0.1) is 12.7 Å². The minimum atomic E-state index is -0.546. The van der Waals surface area contributed by atoms with E-state index in [1.54, 1.807) is 43.6 Å². The normalized spacial score (nSPS) is 11.6. The van der Waals surface area contributed by atoms with Crippen molar-refractivity contribution < 1.29 is 13.9 Å². The molecule has 0 spiro atoms. The molecule has 2 heterocycles. The van der Waals surface area contributed by atoms with Crippen LogP contribution in [0.4, 0.5) is 4.39 Å². The van der Waals surface area contributed by atoms with Gasteiger partial charge < -0.3 is 15.0 Å². The Kier molecular flexibility index (Phi) is 7.07. The minimum Gasteiger partial charge on any atom is -0.488 e. The maximum absolute atomic E-state index is 14.0. The first-order chi connectivity index (χ1) is 16.5. The van der Waals surface area contributed by atoms with Gasteiger partial charge >= 0.3 is 0 Å². The summed E-state index contributed by atoms with van der Waals surface area (Å²) >= 11 is 0. The summed E-state index contributed by atoms with van der Waals surface area (Å²) in [5, 5.41) is 2.90. The van der Waals surface area contributed by atoms with Gasteiger partial charge in [-0.2, -0.15) is 0 Å². The average molecular weight is 458 g/mol. The van der Waals surface area contributed by atoms with Crippen LogP contribution in [-0.4, -0.2) is 27.5 Å². The predicted octanol–water partition coefficient (Wildman–Crippen LogP) is 3.76. The van der Waals surface area contributed by atoms with Gasteiger partial charge in [0.05, 0.1) is 12.5 Å². The van der Waals surface area contributed by atoms with E-state index >= 15 is 0 Å². The van der Waals surface area contributed by atoms with Gasteiger partial charge in [-0.1, -0.05) is 42.5 Å². The molecule has 0 saturated heterocycles.